The van der Waals surface area contributed by atoms with E-state index in [1.807, 2.05) is 17.8 Å². The van der Waals surface area contributed by atoms with Crippen LogP contribution in [0.3, 0.4) is 0 Å². The van der Waals surface area contributed by atoms with Crippen molar-refractivity contribution in [1.82, 2.24) is 0 Å². The Morgan fingerprint density at radius 1 is 1.67 bits per heavy atom. The summed E-state index contributed by atoms with van der Waals surface area (Å²) in [6, 6.07) is 0. The van der Waals surface area contributed by atoms with Gasteiger partial charge in [-0.3, -0.25) is 0 Å². The fourth-order valence-electron chi connectivity index (χ4n) is 0.608. The molecule has 0 aliphatic heterocycles. The van der Waals surface area contributed by atoms with Crippen molar-refractivity contribution in [2.24, 2.45) is 0 Å². The Morgan fingerprint density at radius 2 is 2.33 bits per heavy atom. The van der Waals surface area contributed by atoms with Gasteiger partial charge in [0.2, 0.25) is 0 Å². The summed E-state index contributed by atoms with van der Waals surface area (Å²) >= 11 is 1.83. The van der Waals surface area contributed by atoms with Gasteiger partial charge in [-0.25, -0.2) is 0 Å². The Bertz CT molecular complexity index is 69.0. The summed E-state index contributed by atoms with van der Waals surface area (Å²) < 4.78 is 0. The van der Waals surface area contributed by atoms with E-state index in [0.717, 1.165) is 6.42 Å². The highest BCUT2D eigenvalue weighted by molar-refractivity contribution is 7.99. The zero-order valence-corrected chi connectivity index (χ0v) is 6.91. The maximum atomic E-state index is 3.96. The van der Waals surface area contributed by atoms with E-state index in [-0.39, 0.29) is 0 Å². The van der Waals surface area contributed by atoms with Gasteiger partial charge < -0.3 is 0 Å². The van der Waals surface area contributed by atoms with Crippen LogP contribution in [0.5, 0.6) is 0 Å². The van der Waals surface area contributed by atoms with Gasteiger partial charge in [-0.1, -0.05) is 6.08 Å². The van der Waals surface area contributed by atoms with Crippen LogP contribution in [0.1, 0.15) is 19.3 Å². The van der Waals surface area contributed by atoms with Crippen LogP contribution >= 0.6 is 11.8 Å². The molecule has 1 radical (unpaired) electrons. The molecule has 0 aliphatic carbocycles. The van der Waals surface area contributed by atoms with Crippen molar-refractivity contribution in [3.8, 4) is 0 Å². The van der Waals surface area contributed by atoms with E-state index in [9.17, 15) is 0 Å². The Morgan fingerprint density at radius 3 is 2.78 bits per heavy atom. The van der Waals surface area contributed by atoms with Crippen molar-refractivity contribution in [2.75, 3.05) is 6.26 Å². The van der Waals surface area contributed by atoms with Crippen LogP contribution in [-0.2, 0) is 0 Å². The Kier molecular flexibility index (Phi) is 6.28. The van der Waals surface area contributed by atoms with Gasteiger partial charge in [0.05, 0.1) is 0 Å². The molecular weight excluding hydrogens is 128 g/mol. The first kappa shape index (κ1) is 9.09. The highest BCUT2D eigenvalue weighted by Crippen LogP contribution is 2.12. The van der Waals surface area contributed by atoms with Crippen molar-refractivity contribution in [3.05, 3.63) is 19.6 Å². The van der Waals surface area contributed by atoms with Gasteiger partial charge in [0, 0.05) is 5.25 Å². The zero-order chi connectivity index (χ0) is 7.11. The lowest BCUT2D eigenvalue weighted by atomic mass is 10.2. The predicted octanol–water partition coefficient (Wildman–Crippen LogP) is 2.91. The lowest BCUT2D eigenvalue weighted by Gasteiger charge is -2.04. The average molecular weight is 143 g/mol. The SMILES string of the molecule is [CH2]C(CCCC=C)SC. The minimum atomic E-state index is 0.574. The van der Waals surface area contributed by atoms with Crippen molar-refractivity contribution in [1.29, 1.82) is 0 Å². The molecule has 0 fully saturated rings. The molecule has 53 valence electrons. The first-order valence-electron chi connectivity index (χ1n) is 3.28. The van der Waals surface area contributed by atoms with Crippen molar-refractivity contribution < 1.29 is 0 Å². The first-order valence-corrected chi connectivity index (χ1v) is 4.56. The van der Waals surface area contributed by atoms with E-state index in [2.05, 4.69) is 19.8 Å². The molecule has 0 rings (SSSR count). The highest BCUT2D eigenvalue weighted by Gasteiger charge is 1.95. The highest BCUT2D eigenvalue weighted by atomic mass is 32.2. The van der Waals surface area contributed by atoms with Crippen LogP contribution in [0.4, 0.5) is 0 Å². The van der Waals surface area contributed by atoms with Crippen LogP contribution in [0.15, 0.2) is 12.7 Å². The zero-order valence-electron chi connectivity index (χ0n) is 6.10. The third kappa shape index (κ3) is 5.97. The number of hydrogen-bond acceptors (Lipinski definition) is 1. The number of thioether (sulfide) groups is 1. The fraction of sp³-hybridized carbons (Fsp3) is 0.625. The van der Waals surface area contributed by atoms with E-state index in [0.29, 0.717) is 5.25 Å². The number of rotatable bonds is 5. The summed E-state index contributed by atoms with van der Waals surface area (Å²) in [5, 5.41) is 0.574. The minimum absolute atomic E-state index is 0.574. The standard InChI is InChI=1S/C8H15S/c1-4-5-6-7-8(2)9-3/h4,8H,1-2,5-7H2,3H3. The molecule has 0 saturated heterocycles. The Hall–Kier alpha value is 0.0900. The number of allylic oxidation sites excluding steroid dienone is 1. The molecule has 9 heavy (non-hydrogen) atoms. The van der Waals surface area contributed by atoms with Gasteiger partial charge in [0.25, 0.3) is 0 Å². The lowest BCUT2D eigenvalue weighted by Crippen LogP contribution is -1.93. The smallest absolute Gasteiger partial charge is 0.00447 e. The van der Waals surface area contributed by atoms with Gasteiger partial charge in [-0.15, -0.1) is 6.58 Å². The van der Waals surface area contributed by atoms with Crippen LogP contribution in [-0.4, -0.2) is 11.5 Å². The second kappa shape index (κ2) is 6.21. The largest absolute Gasteiger partial charge is 0.162 e. The summed E-state index contributed by atoms with van der Waals surface area (Å²) in [6.07, 6.45) is 7.65. The molecule has 0 saturated carbocycles. The molecule has 0 bridgehead atoms. The minimum Gasteiger partial charge on any atom is -0.162 e. The van der Waals surface area contributed by atoms with Crippen molar-refractivity contribution >= 4 is 11.8 Å². The summed E-state index contributed by atoms with van der Waals surface area (Å²) in [7, 11) is 0. The number of hydrogen-bond donors (Lipinski definition) is 0. The second-order valence-corrected chi connectivity index (χ2v) is 3.22. The summed E-state index contributed by atoms with van der Waals surface area (Å²) in [6.45, 7) is 7.61. The van der Waals surface area contributed by atoms with Gasteiger partial charge in [0.1, 0.15) is 0 Å². The van der Waals surface area contributed by atoms with Crippen molar-refractivity contribution in [3.63, 3.8) is 0 Å². The van der Waals surface area contributed by atoms with E-state index in [4.69, 9.17) is 0 Å². The molecule has 0 aromatic rings. The molecule has 1 atom stereocenters. The Labute approximate surface area is 62.7 Å². The molecule has 1 unspecified atom stereocenters. The molecule has 0 heterocycles. The van der Waals surface area contributed by atoms with E-state index in [1.54, 1.807) is 0 Å². The summed E-state index contributed by atoms with van der Waals surface area (Å²) in [5.74, 6) is 0. The fourth-order valence-corrected chi connectivity index (χ4v) is 1.01. The molecule has 1 heteroatoms. The van der Waals surface area contributed by atoms with Crippen LogP contribution < -0.4 is 0 Å². The van der Waals surface area contributed by atoms with Crippen molar-refractivity contribution in [2.45, 2.75) is 24.5 Å². The molecular formula is C8H15S. The quantitative estimate of drug-likeness (QED) is 0.421. The molecule has 0 spiro atoms. The van der Waals surface area contributed by atoms with E-state index in [1.165, 1.54) is 12.8 Å². The maximum absolute atomic E-state index is 3.96. The molecule has 0 amide bonds. The monoisotopic (exact) mass is 143 g/mol. The summed E-state index contributed by atoms with van der Waals surface area (Å²) in [4.78, 5) is 0. The first-order chi connectivity index (χ1) is 4.31. The second-order valence-electron chi connectivity index (χ2n) is 2.08. The third-order valence-electron chi connectivity index (χ3n) is 1.27. The predicted molar refractivity (Wildman–Crippen MR) is 46.7 cm³/mol. The molecule has 0 N–H and O–H groups in total. The van der Waals surface area contributed by atoms with Crippen LogP contribution in [0.25, 0.3) is 0 Å². The summed E-state index contributed by atoms with van der Waals surface area (Å²) in [5.41, 5.74) is 0. The molecule has 0 nitrogen and oxygen atoms in total. The van der Waals surface area contributed by atoms with Gasteiger partial charge in [0.15, 0.2) is 0 Å². The average Bonchev–Trinajstić information content (AvgIpc) is 1.89. The molecule has 0 aromatic carbocycles. The normalized spacial score (nSPS) is 13.1. The van der Waals surface area contributed by atoms with E-state index >= 15 is 0 Å². The van der Waals surface area contributed by atoms with Crippen LogP contribution in [0, 0.1) is 6.92 Å². The van der Waals surface area contributed by atoms with Gasteiger partial charge in [-0.05, 0) is 32.4 Å². The third-order valence-corrected chi connectivity index (χ3v) is 2.17. The van der Waals surface area contributed by atoms with Crippen LogP contribution in [0.2, 0.25) is 0 Å². The maximum Gasteiger partial charge on any atom is 0.00447 e. The Balaban J connectivity index is 2.96. The topological polar surface area (TPSA) is 0 Å². The number of unbranched alkanes of at least 4 members (excludes halogenated alkanes) is 1. The van der Waals surface area contributed by atoms with Gasteiger partial charge in [-0.2, -0.15) is 11.8 Å². The molecule has 0 aromatic heterocycles. The van der Waals surface area contributed by atoms with Gasteiger partial charge >= 0.3 is 0 Å². The lowest BCUT2D eigenvalue weighted by molar-refractivity contribution is 0.773. The molecule has 0 aliphatic rings. The van der Waals surface area contributed by atoms with E-state index < -0.39 is 0 Å².